The summed E-state index contributed by atoms with van der Waals surface area (Å²) in [5.74, 6) is 0.471. The zero-order valence-electron chi connectivity index (χ0n) is 16.5. The van der Waals surface area contributed by atoms with Crippen molar-refractivity contribution >= 4 is 23.6 Å². The highest BCUT2D eigenvalue weighted by Crippen LogP contribution is 2.13. The van der Waals surface area contributed by atoms with Crippen LogP contribution in [0.1, 0.15) is 12.0 Å². The maximum absolute atomic E-state index is 12.5. The summed E-state index contributed by atoms with van der Waals surface area (Å²) >= 11 is 1.36. The molecule has 8 heteroatoms. The number of aromatic nitrogens is 2. The molecule has 29 heavy (non-hydrogen) atoms. The van der Waals surface area contributed by atoms with Gasteiger partial charge in [-0.3, -0.25) is 14.5 Å². The largest absolute Gasteiger partial charge is 0.355 e. The van der Waals surface area contributed by atoms with E-state index in [0.717, 1.165) is 25.9 Å². The maximum Gasteiger partial charge on any atom is 0.234 e. The van der Waals surface area contributed by atoms with Crippen molar-refractivity contribution in [1.82, 2.24) is 25.1 Å². The molecule has 0 unspecified atom stereocenters. The van der Waals surface area contributed by atoms with Crippen molar-refractivity contribution in [3.8, 4) is 0 Å². The van der Waals surface area contributed by atoms with Crippen LogP contribution in [0.2, 0.25) is 0 Å². The molecule has 0 radical (unpaired) electrons. The van der Waals surface area contributed by atoms with Gasteiger partial charge in [0.2, 0.25) is 11.8 Å². The van der Waals surface area contributed by atoms with E-state index in [0.29, 0.717) is 37.1 Å². The third-order valence-electron chi connectivity index (χ3n) is 4.75. The van der Waals surface area contributed by atoms with E-state index in [1.165, 1.54) is 17.3 Å². The monoisotopic (exact) mass is 413 g/mol. The Hall–Kier alpha value is -2.45. The highest BCUT2D eigenvalue weighted by molar-refractivity contribution is 7.99. The molecule has 1 N–H and O–H groups in total. The summed E-state index contributed by atoms with van der Waals surface area (Å²) in [6.45, 7) is 3.92. The summed E-state index contributed by atoms with van der Waals surface area (Å²) in [5, 5.41) is 3.61. The molecular formula is C21H27N5O2S. The van der Waals surface area contributed by atoms with Crippen molar-refractivity contribution in [2.75, 3.05) is 45.0 Å². The molecule has 1 saturated heterocycles. The summed E-state index contributed by atoms with van der Waals surface area (Å²) in [6, 6.07) is 11.9. The van der Waals surface area contributed by atoms with Crippen LogP contribution in [0.25, 0.3) is 0 Å². The van der Waals surface area contributed by atoms with E-state index >= 15 is 0 Å². The highest BCUT2D eigenvalue weighted by Gasteiger charge is 2.20. The first-order valence-electron chi connectivity index (χ1n) is 9.91. The Bertz CT molecular complexity index is 775. The van der Waals surface area contributed by atoms with Gasteiger partial charge in [-0.15, -0.1) is 0 Å². The van der Waals surface area contributed by atoms with E-state index in [1.54, 1.807) is 18.5 Å². The van der Waals surface area contributed by atoms with Crippen LogP contribution in [0.3, 0.4) is 0 Å². The van der Waals surface area contributed by atoms with Crippen LogP contribution in [-0.2, 0) is 16.0 Å². The van der Waals surface area contributed by atoms with Crippen molar-refractivity contribution in [3.63, 3.8) is 0 Å². The molecule has 0 spiro atoms. The second-order valence-corrected chi connectivity index (χ2v) is 7.86. The van der Waals surface area contributed by atoms with Crippen molar-refractivity contribution in [1.29, 1.82) is 0 Å². The number of thioether (sulfide) groups is 1. The Labute approximate surface area is 175 Å². The first-order chi connectivity index (χ1) is 14.2. The minimum Gasteiger partial charge on any atom is -0.355 e. The molecule has 0 saturated carbocycles. The molecule has 1 aromatic carbocycles. The highest BCUT2D eigenvalue weighted by atomic mass is 32.2. The van der Waals surface area contributed by atoms with Crippen LogP contribution in [0.5, 0.6) is 0 Å². The predicted octanol–water partition coefficient (Wildman–Crippen LogP) is 1.46. The van der Waals surface area contributed by atoms with Gasteiger partial charge in [-0.1, -0.05) is 42.1 Å². The molecule has 2 amide bonds. The number of benzene rings is 1. The standard InChI is InChI=1S/C21H27N5O2S/c27-19(22-11-8-18-6-2-1-3-7-18)16-25-12-5-13-26(15-14-25)20(28)17-29-21-23-9-4-10-24-21/h1-4,6-7,9-10H,5,8,11-17H2,(H,22,27). The molecule has 2 heterocycles. The Balaban J connectivity index is 1.35. The van der Waals surface area contributed by atoms with E-state index < -0.39 is 0 Å². The third-order valence-corrected chi connectivity index (χ3v) is 5.61. The number of nitrogens with one attached hydrogen (secondary N) is 1. The van der Waals surface area contributed by atoms with Crippen LogP contribution < -0.4 is 5.32 Å². The summed E-state index contributed by atoms with van der Waals surface area (Å²) in [5.41, 5.74) is 1.22. The number of carbonyl (C=O) groups is 2. The molecular weight excluding hydrogens is 386 g/mol. The van der Waals surface area contributed by atoms with Gasteiger partial charge in [-0.25, -0.2) is 9.97 Å². The molecule has 2 aromatic rings. The van der Waals surface area contributed by atoms with Crippen LogP contribution in [0.4, 0.5) is 0 Å². The van der Waals surface area contributed by atoms with Crippen LogP contribution >= 0.6 is 11.8 Å². The SMILES string of the molecule is O=C(CN1CCCN(C(=O)CSc2ncccn2)CC1)NCCc1ccccc1. The average Bonchev–Trinajstić information content (AvgIpc) is 2.99. The number of hydrogen-bond acceptors (Lipinski definition) is 6. The van der Waals surface area contributed by atoms with Gasteiger partial charge in [0.25, 0.3) is 0 Å². The first-order valence-corrected chi connectivity index (χ1v) is 10.9. The fourth-order valence-electron chi connectivity index (χ4n) is 3.21. The molecule has 1 aliphatic heterocycles. The van der Waals surface area contributed by atoms with Gasteiger partial charge >= 0.3 is 0 Å². The lowest BCUT2D eigenvalue weighted by atomic mass is 10.1. The summed E-state index contributed by atoms with van der Waals surface area (Å²) in [4.78, 5) is 37.0. The van der Waals surface area contributed by atoms with Gasteiger partial charge in [0, 0.05) is 45.1 Å². The second kappa shape index (κ2) is 11.5. The van der Waals surface area contributed by atoms with E-state index in [-0.39, 0.29) is 11.8 Å². The maximum atomic E-state index is 12.5. The Kier molecular flexibility index (Phi) is 8.45. The minimum atomic E-state index is 0.0393. The van der Waals surface area contributed by atoms with E-state index in [1.807, 2.05) is 23.1 Å². The van der Waals surface area contributed by atoms with Crippen molar-refractivity contribution in [2.24, 2.45) is 0 Å². The fourth-order valence-corrected chi connectivity index (χ4v) is 3.91. The molecule has 0 bridgehead atoms. The molecule has 7 nitrogen and oxygen atoms in total. The molecule has 0 aliphatic carbocycles. The lowest BCUT2D eigenvalue weighted by molar-refractivity contribution is -0.128. The number of rotatable bonds is 8. The van der Waals surface area contributed by atoms with Crippen LogP contribution in [0, 0.1) is 0 Å². The van der Waals surface area contributed by atoms with Crippen LogP contribution in [-0.4, -0.2) is 76.6 Å². The van der Waals surface area contributed by atoms with Gasteiger partial charge in [-0.2, -0.15) is 0 Å². The average molecular weight is 414 g/mol. The molecule has 154 valence electrons. The lowest BCUT2D eigenvalue weighted by Crippen LogP contribution is -2.40. The fraction of sp³-hybridized carbons (Fsp3) is 0.429. The molecule has 1 aromatic heterocycles. The number of nitrogens with zero attached hydrogens (tertiary/aromatic N) is 4. The van der Waals surface area contributed by atoms with Crippen molar-refractivity contribution < 1.29 is 9.59 Å². The number of carbonyl (C=O) groups excluding carboxylic acids is 2. The number of hydrogen-bond donors (Lipinski definition) is 1. The first kappa shape index (κ1) is 21.3. The summed E-state index contributed by atoms with van der Waals surface area (Å²) in [6.07, 6.45) is 5.05. The lowest BCUT2D eigenvalue weighted by Gasteiger charge is -2.21. The summed E-state index contributed by atoms with van der Waals surface area (Å²) < 4.78 is 0. The topological polar surface area (TPSA) is 78.4 Å². The minimum absolute atomic E-state index is 0.0393. The van der Waals surface area contributed by atoms with E-state index in [4.69, 9.17) is 0 Å². The molecule has 1 fully saturated rings. The Morgan fingerprint density at radius 2 is 1.79 bits per heavy atom. The summed E-state index contributed by atoms with van der Waals surface area (Å²) in [7, 11) is 0. The molecule has 3 rings (SSSR count). The van der Waals surface area contributed by atoms with Crippen LogP contribution in [0.15, 0.2) is 53.9 Å². The quantitative estimate of drug-likeness (QED) is 0.522. The second-order valence-electron chi connectivity index (χ2n) is 6.92. The van der Waals surface area contributed by atoms with Gasteiger partial charge in [0.05, 0.1) is 12.3 Å². The van der Waals surface area contributed by atoms with Gasteiger partial charge in [0.15, 0.2) is 5.16 Å². The Morgan fingerprint density at radius 1 is 1.00 bits per heavy atom. The third kappa shape index (κ3) is 7.47. The van der Waals surface area contributed by atoms with Gasteiger partial charge in [-0.05, 0) is 24.5 Å². The van der Waals surface area contributed by atoms with E-state index in [9.17, 15) is 9.59 Å². The zero-order chi connectivity index (χ0) is 20.3. The molecule has 0 atom stereocenters. The normalized spacial score (nSPS) is 15.0. The molecule has 1 aliphatic rings. The van der Waals surface area contributed by atoms with Crippen molar-refractivity contribution in [2.45, 2.75) is 18.0 Å². The Morgan fingerprint density at radius 3 is 2.59 bits per heavy atom. The van der Waals surface area contributed by atoms with Crippen molar-refractivity contribution in [3.05, 3.63) is 54.4 Å². The van der Waals surface area contributed by atoms with Gasteiger partial charge < -0.3 is 10.2 Å². The predicted molar refractivity (Wildman–Crippen MR) is 114 cm³/mol. The smallest absolute Gasteiger partial charge is 0.234 e. The number of amides is 2. The zero-order valence-corrected chi connectivity index (χ0v) is 17.3. The van der Waals surface area contributed by atoms with E-state index in [2.05, 4.69) is 32.3 Å². The van der Waals surface area contributed by atoms with Gasteiger partial charge in [0.1, 0.15) is 0 Å².